The highest BCUT2D eigenvalue weighted by molar-refractivity contribution is 6.30. The first kappa shape index (κ1) is 12.0. The van der Waals surface area contributed by atoms with Crippen LogP contribution in [0.2, 0.25) is 5.02 Å². The molecule has 0 saturated heterocycles. The highest BCUT2D eigenvalue weighted by Gasteiger charge is 2.21. The first-order valence-corrected chi connectivity index (χ1v) is 5.91. The molecule has 4 nitrogen and oxygen atoms in total. The van der Waals surface area contributed by atoms with Gasteiger partial charge in [-0.3, -0.25) is 4.79 Å². The lowest BCUT2D eigenvalue weighted by molar-refractivity contribution is -0.143. The molecule has 5 heteroatoms. The summed E-state index contributed by atoms with van der Waals surface area (Å²) in [5.74, 6) is 0.503. The zero-order valence-corrected chi connectivity index (χ0v) is 10.3. The minimum Gasteiger partial charge on any atom is -0.489 e. The summed E-state index contributed by atoms with van der Waals surface area (Å²) in [4.78, 5) is 11.3. The minimum absolute atomic E-state index is 0.0530. The molecular formula is C12H14ClNO3. The number of hydrogen-bond acceptors (Lipinski definition) is 4. The molecule has 1 unspecified atom stereocenters. The van der Waals surface area contributed by atoms with Crippen LogP contribution in [0.1, 0.15) is 13.3 Å². The standard InChI is InChI=1S/C12H14ClNO3/c1-2-16-12(15)6-9-7-17-11-5-8(13)3-4-10(11)14-9/h3-5,9,14H,2,6-7H2,1H3. The molecule has 1 aromatic rings. The lowest BCUT2D eigenvalue weighted by Crippen LogP contribution is -2.33. The van der Waals surface area contributed by atoms with Crippen molar-refractivity contribution in [2.24, 2.45) is 0 Å². The van der Waals surface area contributed by atoms with Crippen LogP contribution in [0.4, 0.5) is 5.69 Å². The summed E-state index contributed by atoms with van der Waals surface area (Å²) in [5.41, 5.74) is 0.856. The van der Waals surface area contributed by atoms with E-state index in [1.54, 1.807) is 19.1 Å². The van der Waals surface area contributed by atoms with Crippen LogP contribution in [0, 0.1) is 0 Å². The molecule has 1 aliphatic rings. The van der Waals surface area contributed by atoms with E-state index < -0.39 is 0 Å². The van der Waals surface area contributed by atoms with Crippen molar-refractivity contribution in [2.75, 3.05) is 18.5 Å². The van der Waals surface area contributed by atoms with Crippen LogP contribution in [-0.4, -0.2) is 25.2 Å². The molecule has 1 N–H and O–H groups in total. The maximum absolute atomic E-state index is 11.3. The van der Waals surface area contributed by atoms with Crippen molar-refractivity contribution in [2.45, 2.75) is 19.4 Å². The Hall–Kier alpha value is -1.42. The summed E-state index contributed by atoms with van der Waals surface area (Å²) in [5, 5.41) is 3.86. The smallest absolute Gasteiger partial charge is 0.307 e. The molecule has 0 aliphatic carbocycles. The number of carbonyl (C=O) groups excluding carboxylic acids is 1. The van der Waals surface area contributed by atoms with E-state index in [0.717, 1.165) is 11.4 Å². The van der Waals surface area contributed by atoms with E-state index in [2.05, 4.69) is 5.32 Å². The maximum atomic E-state index is 11.3. The number of anilines is 1. The predicted octanol–water partition coefficient (Wildman–Crippen LogP) is 2.47. The second kappa shape index (κ2) is 5.27. The summed E-state index contributed by atoms with van der Waals surface area (Å²) < 4.78 is 10.4. The third-order valence-corrected chi connectivity index (χ3v) is 2.70. The highest BCUT2D eigenvalue weighted by Crippen LogP contribution is 2.32. The van der Waals surface area contributed by atoms with Gasteiger partial charge in [0.2, 0.25) is 0 Å². The molecule has 0 radical (unpaired) electrons. The maximum Gasteiger partial charge on any atom is 0.307 e. The number of fused-ring (bicyclic) bond motifs is 1. The van der Waals surface area contributed by atoms with E-state index in [4.69, 9.17) is 21.1 Å². The summed E-state index contributed by atoms with van der Waals surface area (Å²) in [7, 11) is 0. The van der Waals surface area contributed by atoms with E-state index in [9.17, 15) is 4.79 Å². The van der Waals surface area contributed by atoms with E-state index in [1.165, 1.54) is 0 Å². The van der Waals surface area contributed by atoms with Crippen LogP contribution in [0.5, 0.6) is 5.75 Å². The van der Waals surface area contributed by atoms with Crippen LogP contribution in [-0.2, 0) is 9.53 Å². The lowest BCUT2D eigenvalue weighted by atomic mass is 10.1. The van der Waals surface area contributed by atoms with E-state index in [-0.39, 0.29) is 12.0 Å². The van der Waals surface area contributed by atoms with Gasteiger partial charge in [0.05, 0.1) is 24.8 Å². The lowest BCUT2D eigenvalue weighted by Gasteiger charge is -2.26. The van der Waals surface area contributed by atoms with Crippen molar-refractivity contribution in [3.8, 4) is 5.75 Å². The monoisotopic (exact) mass is 255 g/mol. The third-order valence-electron chi connectivity index (χ3n) is 2.46. The average molecular weight is 256 g/mol. The van der Waals surface area contributed by atoms with E-state index >= 15 is 0 Å². The van der Waals surface area contributed by atoms with Gasteiger partial charge in [-0.25, -0.2) is 0 Å². The topological polar surface area (TPSA) is 47.6 Å². The quantitative estimate of drug-likeness (QED) is 0.843. The van der Waals surface area contributed by atoms with Gasteiger partial charge in [0, 0.05) is 11.1 Å². The Bertz CT molecular complexity index is 422. The number of hydrogen-bond donors (Lipinski definition) is 1. The second-order valence-corrected chi connectivity index (χ2v) is 4.24. The molecule has 92 valence electrons. The van der Waals surface area contributed by atoms with Crippen LogP contribution >= 0.6 is 11.6 Å². The Balaban J connectivity index is 1.99. The average Bonchev–Trinajstić information content (AvgIpc) is 2.29. The van der Waals surface area contributed by atoms with Crippen molar-refractivity contribution < 1.29 is 14.3 Å². The fourth-order valence-electron chi connectivity index (χ4n) is 1.72. The van der Waals surface area contributed by atoms with Crippen LogP contribution in [0.15, 0.2) is 18.2 Å². The highest BCUT2D eigenvalue weighted by atomic mass is 35.5. The zero-order valence-electron chi connectivity index (χ0n) is 9.53. The molecule has 0 spiro atoms. The zero-order chi connectivity index (χ0) is 12.3. The van der Waals surface area contributed by atoms with E-state index in [0.29, 0.717) is 24.7 Å². The van der Waals surface area contributed by atoms with Crippen LogP contribution in [0.25, 0.3) is 0 Å². The molecule has 0 amide bonds. The summed E-state index contributed by atoms with van der Waals surface area (Å²) >= 11 is 5.86. The molecule has 1 atom stereocenters. The first-order chi connectivity index (χ1) is 8.19. The van der Waals surface area contributed by atoms with Crippen molar-refractivity contribution in [3.05, 3.63) is 23.2 Å². The van der Waals surface area contributed by atoms with E-state index in [1.807, 2.05) is 6.07 Å². The van der Waals surface area contributed by atoms with Gasteiger partial charge in [-0.15, -0.1) is 0 Å². The number of halogens is 1. The van der Waals surface area contributed by atoms with Crippen molar-refractivity contribution in [1.29, 1.82) is 0 Å². The van der Waals surface area contributed by atoms with Gasteiger partial charge in [0.25, 0.3) is 0 Å². The van der Waals surface area contributed by atoms with Gasteiger partial charge < -0.3 is 14.8 Å². The Labute approximate surface area is 105 Å². The Morgan fingerprint density at radius 3 is 3.24 bits per heavy atom. The van der Waals surface area contributed by atoms with Crippen molar-refractivity contribution >= 4 is 23.3 Å². The SMILES string of the molecule is CCOC(=O)CC1COc2cc(Cl)ccc2N1. The number of nitrogens with one attached hydrogen (secondary N) is 1. The number of ether oxygens (including phenoxy) is 2. The molecule has 1 aromatic carbocycles. The molecular weight excluding hydrogens is 242 g/mol. The third kappa shape index (κ3) is 3.03. The molecule has 0 bridgehead atoms. The first-order valence-electron chi connectivity index (χ1n) is 5.53. The predicted molar refractivity (Wildman–Crippen MR) is 65.6 cm³/mol. The number of esters is 1. The molecule has 1 aliphatic heterocycles. The second-order valence-electron chi connectivity index (χ2n) is 3.80. The van der Waals surface area contributed by atoms with Gasteiger partial charge in [0.15, 0.2) is 0 Å². The normalized spacial score (nSPS) is 17.6. The molecule has 0 fully saturated rings. The van der Waals surface area contributed by atoms with Crippen LogP contribution < -0.4 is 10.1 Å². The Morgan fingerprint density at radius 1 is 1.65 bits per heavy atom. The number of rotatable bonds is 3. The van der Waals surface area contributed by atoms with Gasteiger partial charge in [-0.05, 0) is 19.1 Å². The molecule has 0 aromatic heterocycles. The number of carbonyl (C=O) groups is 1. The summed E-state index contributed by atoms with van der Waals surface area (Å²) in [6, 6.07) is 5.32. The van der Waals surface area contributed by atoms with Crippen LogP contribution in [0.3, 0.4) is 0 Å². The summed E-state index contributed by atoms with van der Waals surface area (Å²) in [6.45, 7) is 2.63. The van der Waals surface area contributed by atoms with Crippen molar-refractivity contribution in [3.63, 3.8) is 0 Å². The molecule has 2 rings (SSSR count). The van der Waals surface area contributed by atoms with Gasteiger partial charge >= 0.3 is 5.97 Å². The fraction of sp³-hybridized carbons (Fsp3) is 0.417. The van der Waals surface area contributed by atoms with Gasteiger partial charge in [0.1, 0.15) is 12.4 Å². The molecule has 0 saturated carbocycles. The largest absolute Gasteiger partial charge is 0.489 e. The Kier molecular flexibility index (Phi) is 3.74. The Morgan fingerprint density at radius 2 is 2.47 bits per heavy atom. The van der Waals surface area contributed by atoms with Gasteiger partial charge in [-0.2, -0.15) is 0 Å². The van der Waals surface area contributed by atoms with Crippen molar-refractivity contribution in [1.82, 2.24) is 0 Å². The number of benzene rings is 1. The van der Waals surface area contributed by atoms with Gasteiger partial charge in [-0.1, -0.05) is 11.6 Å². The summed E-state index contributed by atoms with van der Waals surface area (Å²) in [6.07, 6.45) is 0.301. The minimum atomic E-state index is -0.217. The molecule has 17 heavy (non-hydrogen) atoms. The molecule has 1 heterocycles. The fourth-order valence-corrected chi connectivity index (χ4v) is 1.88.